The van der Waals surface area contributed by atoms with Crippen LogP contribution >= 0.6 is 0 Å². The van der Waals surface area contributed by atoms with E-state index in [-0.39, 0.29) is 77.6 Å². The number of furan rings is 3. The summed E-state index contributed by atoms with van der Waals surface area (Å²) in [5.41, 5.74) is 19.0. The average Bonchev–Trinajstić information content (AvgIpc) is 1.47. The lowest BCUT2D eigenvalue weighted by Gasteiger charge is -2.20. The second kappa shape index (κ2) is 29.0. The molecule has 0 saturated carbocycles. The van der Waals surface area contributed by atoms with Crippen LogP contribution in [0.3, 0.4) is 0 Å². The molecule has 546 valence electrons. The van der Waals surface area contributed by atoms with Gasteiger partial charge >= 0.3 is 0 Å². The Morgan fingerprint density at radius 3 is 0.880 bits per heavy atom. The molecular formula is C114H72O3. The van der Waals surface area contributed by atoms with Crippen molar-refractivity contribution in [2.45, 2.75) is 0 Å². The summed E-state index contributed by atoms with van der Waals surface area (Å²) in [6.45, 7) is 0. The number of hydrogen-bond donors (Lipinski definition) is 0. The highest BCUT2D eigenvalue weighted by molar-refractivity contribution is 6.28. The van der Waals surface area contributed by atoms with Crippen LogP contribution in [-0.2, 0) is 0 Å². The van der Waals surface area contributed by atoms with Crippen molar-refractivity contribution >= 4 is 130 Å². The van der Waals surface area contributed by atoms with Gasteiger partial charge < -0.3 is 13.3 Å². The molecule has 0 amide bonds. The molecule has 3 heteroatoms. The molecule has 0 N–H and O–H groups in total. The van der Waals surface area contributed by atoms with Gasteiger partial charge in [0.05, 0.1) is 16.4 Å². The summed E-state index contributed by atoms with van der Waals surface area (Å²) in [6, 6.07) is 120. The standard InChI is InChI=1S/C44H28O.C38H24O.C32H20O/c1-3-13-29(14-4-1)30-23-25-32(26-24-30)42-38(27-28-40-44(42)37-21-11-12-22-39(37)45-40)43-35-19-9-7-17-33(35)41(31-15-5-2-6-16-31)34-18-8-10-20-36(34)43;1-2-11-26(12-3-1)36-29-13-4-6-15-31(29)37(32-16-7-5-14-30(32)36)27-23-21-25(22-24-27)28-18-10-20-35-38(28)33-17-8-9-19-34(33)39-35;1-2-11-21(12-3-1)30-22-13-4-6-15-24(22)31(25-16-7-5-14-23(25)30)27-18-10-20-29-32(27)26-17-8-9-19-28(26)33-29/h1-28H;1-24H;1-20H/i2D,5D,6D,15D,16D;21D,22D,23D,24D;10D,18D,20D. The Labute approximate surface area is 692 Å². The Morgan fingerprint density at radius 1 is 0.137 bits per heavy atom. The van der Waals surface area contributed by atoms with Gasteiger partial charge in [-0.2, -0.15) is 0 Å². The SMILES string of the molecule is [2H]c1c([2H])c(-c2c3ccccc3c(-c3ccccc3)c3ccccc23)c2c(oc3ccccc32)c1[2H].[2H]c1c([2H])c(-c2cccc3oc4ccccc4c23)c([2H])c([2H])c1-c1c2ccccc2c(-c2ccccc2)c2ccccc12.[2H]c1c([2H])c([2H])c(-c2c3ccccc3c(-c3ccc4oc5ccccc5c4c3-c3ccc(-c4ccccc4)cc3)c3ccccc23)c([2H])c1[2H]. The van der Waals surface area contributed by atoms with E-state index in [1.54, 1.807) is 0 Å². The van der Waals surface area contributed by atoms with Crippen molar-refractivity contribution in [3.05, 3.63) is 436 Å². The smallest absolute Gasteiger partial charge is 0.136 e. The van der Waals surface area contributed by atoms with E-state index in [0.29, 0.717) is 50.1 Å². The average molecular weight is 1500 g/mol. The fourth-order valence-corrected chi connectivity index (χ4v) is 17.8. The maximum Gasteiger partial charge on any atom is 0.136 e. The van der Waals surface area contributed by atoms with Crippen LogP contribution in [0.15, 0.2) is 450 Å². The normalized spacial score (nSPS) is 13.0. The summed E-state index contributed by atoms with van der Waals surface area (Å²) < 4.78 is 125. The lowest BCUT2D eigenvalue weighted by Crippen LogP contribution is -1.93. The van der Waals surface area contributed by atoms with Crippen molar-refractivity contribution in [1.29, 1.82) is 0 Å². The predicted octanol–water partition coefficient (Wildman–Crippen LogP) is 32.7. The molecular weight excluding hydrogens is 1420 g/mol. The minimum Gasteiger partial charge on any atom is -0.456 e. The molecule has 3 heterocycles. The minimum absolute atomic E-state index is 0.0434. The van der Waals surface area contributed by atoms with Gasteiger partial charge in [0, 0.05) is 37.9 Å². The van der Waals surface area contributed by atoms with Crippen LogP contribution in [0.4, 0.5) is 0 Å². The molecule has 0 saturated heterocycles. The summed E-state index contributed by atoms with van der Waals surface area (Å²) in [4.78, 5) is 0. The third kappa shape index (κ3) is 11.7. The lowest BCUT2D eigenvalue weighted by atomic mass is 9.82. The molecule has 0 radical (unpaired) electrons. The zero-order chi connectivity index (χ0) is 87.7. The zero-order valence-corrected chi connectivity index (χ0v) is 62.9. The first-order valence-corrected chi connectivity index (χ1v) is 39.1. The second-order valence-electron chi connectivity index (χ2n) is 29.2. The van der Waals surface area contributed by atoms with E-state index in [9.17, 15) is 5.48 Å². The highest BCUT2D eigenvalue weighted by Crippen LogP contribution is 2.52. The van der Waals surface area contributed by atoms with E-state index >= 15 is 0 Å². The van der Waals surface area contributed by atoms with Crippen molar-refractivity contribution in [2.24, 2.45) is 0 Å². The monoisotopic (exact) mass is 1500 g/mol. The second-order valence-corrected chi connectivity index (χ2v) is 29.2. The van der Waals surface area contributed by atoms with Crippen molar-refractivity contribution in [3.8, 4) is 100 Å². The third-order valence-electron chi connectivity index (χ3n) is 22.8. The van der Waals surface area contributed by atoms with Gasteiger partial charge in [0.15, 0.2) is 0 Å². The van der Waals surface area contributed by atoms with Crippen molar-refractivity contribution in [1.82, 2.24) is 0 Å². The highest BCUT2D eigenvalue weighted by Gasteiger charge is 2.26. The van der Waals surface area contributed by atoms with Crippen LogP contribution in [0.5, 0.6) is 0 Å². The van der Waals surface area contributed by atoms with Gasteiger partial charge in [0.1, 0.15) is 33.5 Å². The van der Waals surface area contributed by atoms with Gasteiger partial charge in [0.25, 0.3) is 0 Å². The van der Waals surface area contributed by atoms with Crippen LogP contribution < -0.4 is 0 Å². The zero-order valence-electron chi connectivity index (χ0n) is 74.9. The fraction of sp³-hybridized carbons (Fsp3) is 0. The molecule has 24 aromatic rings. The lowest BCUT2D eigenvalue weighted by molar-refractivity contribution is 0.668. The fourth-order valence-electron chi connectivity index (χ4n) is 17.8. The summed E-state index contributed by atoms with van der Waals surface area (Å²) in [7, 11) is 0. The molecule has 117 heavy (non-hydrogen) atoms. The highest BCUT2D eigenvalue weighted by atomic mass is 16.3. The number of rotatable bonds is 9. The van der Waals surface area contributed by atoms with E-state index in [1.807, 2.05) is 231 Å². The van der Waals surface area contributed by atoms with Crippen LogP contribution in [-0.4, -0.2) is 0 Å². The third-order valence-corrected chi connectivity index (χ3v) is 22.8. The maximum atomic E-state index is 9.35. The molecule has 0 fully saturated rings. The van der Waals surface area contributed by atoms with E-state index in [1.165, 1.54) is 0 Å². The van der Waals surface area contributed by atoms with Crippen LogP contribution in [0.1, 0.15) is 16.4 Å². The molecule has 3 nitrogen and oxygen atoms in total. The van der Waals surface area contributed by atoms with Gasteiger partial charge in [-0.1, -0.05) is 394 Å². The van der Waals surface area contributed by atoms with Crippen molar-refractivity contribution in [2.75, 3.05) is 0 Å². The van der Waals surface area contributed by atoms with Gasteiger partial charge in [-0.3, -0.25) is 0 Å². The largest absolute Gasteiger partial charge is 0.456 e. The van der Waals surface area contributed by atoms with Crippen LogP contribution in [0.25, 0.3) is 231 Å². The molecule has 0 spiro atoms. The van der Waals surface area contributed by atoms with Crippen molar-refractivity contribution < 1.29 is 29.7 Å². The molecule has 0 bridgehead atoms. The molecule has 0 aliphatic rings. The van der Waals surface area contributed by atoms with Gasteiger partial charge in [-0.25, -0.2) is 0 Å². The summed E-state index contributed by atoms with van der Waals surface area (Å²) in [5.74, 6) is 0. The Balaban J connectivity index is 0.000000115. The summed E-state index contributed by atoms with van der Waals surface area (Å²) in [6.07, 6.45) is 0. The number of benzene rings is 21. The predicted molar refractivity (Wildman–Crippen MR) is 495 cm³/mol. The van der Waals surface area contributed by atoms with Gasteiger partial charge in [0.2, 0.25) is 0 Å². The molecule has 21 aromatic carbocycles. The van der Waals surface area contributed by atoms with Crippen molar-refractivity contribution in [3.63, 3.8) is 0 Å². The molecule has 0 aliphatic heterocycles. The first-order chi connectivity index (χ1) is 63.1. The topological polar surface area (TPSA) is 39.4 Å². The molecule has 24 rings (SSSR count). The minimum atomic E-state index is -0.405. The van der Waals surface area contributed by atoms with Crippen LogP contribution in [0.2, 0.25) is 0 Å². The Bertz CT molecular complexity index is 8540. The Morgan fingerprint density at radius 2 is 0.436 bits per heavy atom. The first kappa shape index (κ1) is 56.7. The maximum absolute atomic E-state index is 9.35. The summed E-state index contributed by atoms with van der Waals surface area (Å²) in [5, 5.41) is 16.7. The van der Waals surface area contributed by atoms with E-state index in [2.05, 4.69) is 133 Å². The Kier molecular flexibility index (Phi) is 14.0. The first-order valence-electron chi connectivity index (χ1n) is 45.1. The Hall–Kier alpha value is -15.4. The van der Waals surface area contributed by atoms with Gasteiger partial charge in [-0.15, -0.1) is 0 Å². The van der Waals surface area contributed by atoms with E-state index in [0.717, 1.165) is 169 Å². The summed E-state index contributed by atoms with van der Waals surface area (Å²) >= 11 is 0. The molecule has 0 atom stereocenters. The van der Waals surface area contributed by atoms with Crippen LogP contribution in [0, 0.1) is 0 Å². The molecule has 3 aromatic heterocycles. The molecule has 0 aliphatic carbocycles. The number of para-hydroxylation sites is 3. The number of fused-ring (bicyclic) bond motifs is 15. The number of hydrogen-bond acceptors (Lipinski definition) is 3. The van der Waals surface area contributed by atoms with E-state index in [4.69, 9.17) is 24.2 Å². The quantitative estimate of drug-likeness (QED) is 0.135. The van der Waals surface area contributed by atoms with Gasteiger partial charge in [-0.05, 0) is 202 Å². The van der Waals surface area contributed by atoms with E-state index < -0.39 is 6.04 Å². The molecule has 0 unspecified atom stereocenters.